The Labute approximate surface area is 172 Å². The first kappa shape index (κ1) is 20.9. The second-order valence-corrected chi connectivity index (χ2v) is 7.66. The van der Waals surface area contributed by atoms with E-state index in [2.05, 4.69) is 37.4 Å². The first-order valence-corrected chi connectivity index (χ1v) is 9.79. The van der Waals surface area contributed by atoms with E-state index < -0.39 is 0 Å². The van der Waals surface area contributed by atoms with E-state index in [0.29, 0.717) is 0 Å². The minimum Gasteiger partial charge on any atom is -0.381 e. The van der Waals surface area contributed by atoms with Crippen molar-refractivity contribution in [3.05, 3.63) is 16.1 Å². The molecular weight excluding hydrogens is 449 g/mol. The number of guanidine groups is 1. The molecule has 1 unspecified atom stereocenters. The fourth-order valence-corrected chi connectivity index (χ4v) is 4.04. The summed E-state index contributed by atoms with van der Waals surface area (Å²) in [5.41, 5.74) is 1.17. The van der Waals surface area contributed by atoms with Crippen molar-refractivity contribution in [1.82, 2.24) is 20.1 Å². The molecule has 0 saturated carbocycles. The van der Waals surface area contributed by atoms with Crippen molar-refractivity contribution in [3.63, 3.8) is 0 Å². The number of nitrogens with one attached hydrogen (secondary N) is 1. The molecule has 0 radical (unpaired) electrons. The molecule has 0 bridgehead atoms. The standard InChI is InChI=1S/C17H29N5OS.HI/c1-14-20-16(13-24-14)3-5-19-17(18-2)22-8-6-21(7-9-22)11-15-4-10-23-12-15;/h13,15H,3-12H2,1-2H3,(H,18,19);1H. The van der Waals surface area contributed by atoms with Crippen LogP contribution in [0, 0.1) is 12.8 Å². The molecule has 1 atom stereocenters. The summed E-state index contributed by atoms with van der Waals surface area (Å²) in [6.07, 6.45) is 2.17. The lowest BCUT2D eigenvalue weighted by atomic mass is 10.1. The van der Waals surface area contributed by atoms with Gasteiger partial charge in [0.15, 0.2) is 5.96 Å². The molecule has 0 aromatic carbocycles. The number of aliphatic imine (C=N–C) groups is 1. The van der Waals surface area contributed by atoms with E-state index in [0.717, 1.165) is 69.2 Å². The lowest BCUT2D eigenvalue weighted by Gasteiger charge is -2.37. The van der Waals surface area contributed by atoms with Gasteiger partial charge in [-0.25, -0.2) is 4.98 Å². The van der Waals surface area contributed by atoms with Crippen molar-refractivity contribution in [2.45, 2.75) is 19.8 Å². The van der Waals surface area contributed by atoms with Gasteiger partial charge in [0.1, 0.15) is 0 Å². The van der Waals surface area contributed by atoms with Crippen LogP contribution in [0.4, 0.5) is 0 Å². The van der Waals surface area contributed by atoms with Gasteiger partial charge in [-0.05, 0) is 19.3 Å². The fraction of sp³-hybridized carbons (Fsp3) is 0.765. The van der Waals surface area contributed by atoms with Gasteiger partial charge in [-0.2, -0.15) is 0 Å². The number of hydrogen-bond donors (Lipinski definition) is 1. The summed E-state index contributed by atoms with van der Waals surface area (Å²) < 4.78 is 5.49. The Morgan fingerprint density at radius 3 is 2.80 bits per heavy atom. The average Bonchev–Trinajstić information content (AvgIpc) is 3.24. The maximum Gasteiger partial charge on any atom is 0.193 e. The molecule has 1 N–H and O–H groups in total. The monoisotopic (exact) mass is 479 g/mol. The Balaban J connectivity index is 0.00000225. The zero-order chi connectivity index (χ0) is 16.8. The Morgan fingerprint density at radius 2 is 2.20 bits per heavy atom. The third-order valence-corrected chi connectivity index (χ3v) is 5.58. The third-order valence-electron chi connectivity index (χ3n) is 4.75. The molecule has 0 amide bonds. The first-order chi connectivity index (χ1) is 11.7. The lowest BCUT2D eigenvalue weighted by Crippen LogP contribution is -2.53. The average molecular weight is 479 g/mol. The zero-order valence-corrected chi connectivity index (χ0v) is 18.4. The SMILES string of the molecule is CN=C(NCCc1csc(C)n1)N1CCN(CC2CCOC2)CC1.I. The van der Waals surface area contributed by atoms with Crippen LogP contribution in [-0.2, 0) is 11.2 Å². The predicted molar refractivity (Wildman–Crippen MR) is 114 cm³/mol. The predicted octanol–water partition coefficient (Wildman–Crippen LogP) is 1.84. The van der Waals surface area contributed by atoms with Crippen LogP contribution >= 0.6 is 35.3 Å². The minimum absolute atomic E-state index is 0. The Kier molecular flexibility index (Phi) is 8.88. The van der Waals surface area contributed by atoms with Gasteiger partial charge in [0.05, 0.1) is 17.3 Å². The van der Waals surface area contributed by atoms with Gasteiger partial charge in [-0.3, -0.25) is 9.89 Å². The van der Waals surface area contributed by atoms with Gasteiger partial charge in [-0.15, -0.1) is 35.3 Å². The van der Waals surface area contributed by atoms with Crippen LogP contribution in [0.5, 0.6) is 0 Å². The smallest absolute Gasteiger partial charge is 0.193 e. The molecule has 0 aliphatic carbocycles. The molecule has 142 valence electrons. The highest BCUT2D eigenvalue weighted by Crippen LogP contribution is 2.15. The first-order valence-electron chi connectivity index (χ1n) is 8.91. The van der Waals surface area contributed by atoms with Crippen LogP contribution in [0.1, 0.15) is 17.1 Å². The molecular formula is C17H30IN5OS. The molecule has 1 aromatic rings. The maximum absolute atomic E-state index is 5.49. The maximum atomic E-state index is 5.49. The Morgan fingerprint density at radius 1 is 1.40 bits per heavy atom. The summed E-state index contributed by atoms with van der Waals surface area (Å²) in [7, 11) is 1.87. The highest BCUT2D eigenvalue weighted by Gasteiger charge is 2.23. The van der Waals surface area contributed by atoms with E-state index in [1.165, 1.54) is 18.7 Å². The quantitative estimate of drug-likeness (QED) is 0.397. The number of aryl methyl sites for hydroxylation is 1. The van der Waals surface area contributed by atoms with Gasteiger partial charge in [0.25, 0.3) is 0 Å². The van der Waals surface area contributed by atoms with Gasteiger partial charge in [0.2, 0.25) is 0 Å². The lowest BCUT2D eigenvalue weighted by molar-refractivity contribution is 0.139. The fourth-order valence-electron chi connectivity index (χ4n) is 3.39. The number of rotatable bonds is 5. The summed E-state index contributed by atoms with van der Waals surface area (Å²) in [6, 6.07) is 0. The zero-order valence-electron chi connectivity index (χ0n) is 15.2. The number of thiazole rings is 1. The molecule has 2 saturated heterocycles. The van der Waals surface area contributed by atoms with Crippen molar-refractivity contribution < 1.29 is 4.74 Å². The summed E-state index contributed by atoms with van der Waals surface area (Å²) in [4.78, 5) is 13.9. The van der Waals surface area contributed by atoms with Crippen LogP contribution in [0.15, 0.2) is 10.4 Å². The molecule has 8 heteroatoms. The highest BCUT2D eigenvalue weighted by molar-refractivity contribution is 14.0. The van der Waals surface area contributed by atoms with Crippen LogP contribution in [0.3, 0.4) is 0 Å². The molecule has 25 heavy (non-hydrogen) atoms. The van der Waals surface area contributed by atoms with E-state index in [4.69, 9.17) is 4.74 Å². The molecule has 2 aliphatic heterocycles. The number of ether oxygens (including phenoxy) is 1. The van der Waals surface area contributed by atoms with Gasteiger partial charge in [0, 0.05) is 64.7 Å². The molecule has 3 heterocycles. The topological polar surface area (TPSA) is 53.0 Å². The molecule has 1 aromatic heterocycles. The van der Waals surface area contributed by atoms with Crippen molar-refractivity contribution in [2.24, 2.45) is 10.9 Å². The van der Waals surface area contributed by atoms with Crippen molar-refractivity contribution in [2.75, 3.05) is 59.5 Å². The molecule has 2 aliphatic rings. The Bertz CT molecular complexity index is 539. The van der Waals surface area contributed by atoms with Crippen LogP contribution in [-0.4, -0.2) is 80.3 Å². The Hall–Kier alpha value is -0.450. The second-order valence-electron chi connectivity index (χ2n) is 6.60. The van der Waals surface area contributed by atoms with E-state index >= 15 is 0 Å². The minimum atomic E-state index is 0. The van der Waals surface area contributed by atoms with E-state index in [1.54, 1.807) is 11.3 Å². The number of hydrogen-bond acceptors (Lipinski definition) is 5. The van der Waals surface area contributed by atoms with Gasteiger partial charge < -0.3 is 15.0 Å². The van der Waals surface area contributed by atoms with Crippen LogP contribution in [0.2, 0.25) is 0 Å². The van der Waals surface area contributed by atoms with Crippen molar-refractivity contribution in [3.8, 4) is 0 Å². The number of aromatic nitrogens is 1. The van der Waals surface area contributed by atoms with Gasteiger partial charge in [-0.1, -0.05) is 0 Å². The van der Waals surface area contributed by atoms with Crippen LogP contribution in [0.25, 0.3) is 0 Å². The second kappa shape index (κ2) is 10.6. The summed E-state index contributed by atoms with van der Waals surface area (Å²) >= 11 is 1.72. The third kappa shape index (κ3) is 6.33. The summed E-state index contributed by atoms with van der Waals surface area (Å²) in [6.45, 7) is 10.3. The molecule has 2 fully saturated rings. The molecule has 3 rings (SSSR count). The van der Waals surface area contributed by atoms with Gasteiger partial charge >= 0.3 is 0 Å². The van der Waals surface area contributed by atoms with Crippen LogP contribution < -0.4 is 5.32 Å². The number of halogens is 1. The summed E-state index contributed by atoms with van der Waals surface area (Å²) in [5.74, 6) is 1.75. The molecule has 6 nitrogen and oxygen atoms in total. The highest BCUT2D eigenvalue weighted by atomic mass is 127. The van der Waals surface area contributed by atoms with E-state index in [1.807, 2.05) is 7.05 Å². The largest absolute Gasteiger partial charge is 0.381 e. The van der Waals surface area contributed by atoms with Crippen molar-refractivity contribution in [1.29, 1.82) is 0 Å². The number of piperazine rings is 1. The van der Waals surface area contributed by atoms with Crippen molar-refractivity contribution >= 4 is 41.3 Å². The van der Waals surface area contributed by atoms with E-state index in [9.17, 15) is 0 Å². The summed E-state index contributed by atoms with van der Waals surface area (Å²) in [5, 5.41) is 6.77. The van der Waals surface area contributed by atoms with E-state index in [-0.39, 0.29) is 24.0 Å². The normalized spacial score (nSPS) is 22.1. The number of nitrogens with zero attached hydrogens (tertiary/aromatic N) is 4. The molecule has 0 spiro atoms.